The van der Waals surface area contributed by atoms with Gasteiger partial charge < -0.3 is 9.29 Å². The number of carbonyl (C=O) groups is 1. The maximum atomic E-state index is 11.7. The highest BCUT2D eigenvalue weighted by atomic mass is 79.9. The molecule has 0 radical (unpaired) electrons. The van der Waals surface area contributed by atoms with Crippen molar-refractivity contribution in [2.75, 3.05) is 10.9 Å². The zero-order valence-electron chi connectivity index (χ0n) is 9.80. The molecule has 0 saturated carbocycles. The molecule has 0 aliphatic heterocycles. The van der Waals surface area contributed by atoms with Gasteiger partial charge in [-0.15, -0.1) is 0 Å². The van der Waals surface area contributed by atoms with Gasteiger partial charge in [0.05, 0.1) is 23.6 Å². The molecule has 0 spiro atoms. The van der Waals surface area contributed by atoms with Crippen molar-refractivity contribution < 1.29 is 18.3 Å². The van der Waals surface area contributed by atoms with Gasteiger partial charge in [-0.25, -0.2) is 9.10 Å². The van der Waals surface area contributed by atoms with Gasteiger partial charge in [0.15, 0.2) is 0 Å². The highest BCUT2D eigenvalue weighted by molar-refractivity contribution is 9.10. The van der Waals surface area contributed by atoms with Gasteiger partial charge in [-0.1, -0.05) is 35.3 Å². The Hall–Kier alpha value is -0.920. The lowest BCUT2D eigenvalue weighted by Crippen LogP contribution is -2.33. The van der Waals surface area contributed by atoms with E-state index in [1.54, 1.807) is 12.1 Å². The van der Waals surface area contributed by atoms with Crippen molar-refractivity contribution in [1.82, 2.24) is 0 Å². The number of nitrogens with zero attached hydrogens (tertiary/aromatic N) is 1. The van der Waals surface area contributed by atoms with Crippen LogP contribution in [-0.2, 0) is 16.0 Å². The third kappa shape index (κ3) is 4.40. The molecular formula is C11H13BrNO4S-. The topological polar surface area (TPSA) is 69.7 Å². The van der Waals surface area contributed by atoms with E-state index >= 15 is 0 Å². The number of anilines is 1. The highest BCUT2D eigenvalue weighted by Crippen LogP contribution is 2.21. The van der Waals surface area contributed by atoms with Crippen LogP contribution in [0.4, 0.5) is 10.5 Å². The third-order valence-electron chi connectivity index (χ3n) is 2.08. The molecule has 0 N–H and O–H groups in total. The van der Waals surface area contributed by atoms with E-state index in [0.717, 1.165) is 6.42 Å². The van der Waals surface area contributed by atoms with E-state index in [1.165, 1.54) is 12.1 Å². The Kier molecular flexibility index (Phi) is 6.31. The largest absolute Gasteiger partial charge is 0.755 e. The van der Waals surface area contributed by atoms with Crippen molar-refractivity contribution in [3.8, 4) is 0 Å². The summed E-state index contributed by atoms with van der Waals surface area (Å²) >= 11 is 0.503. The van der Waals surface area contributed by atoms with E-state index in [2.05, 4.69) is 15.9 Å². The summed E-state index contributed by atoms with van der Waals surface area (Å²) in [5.41, 5.74) is 0.235. The van der Waals surface area contributed by atoms with Crippen molar-refractivity contribution in [1.29, 1.82) is 0 Å². The van der Waals surface area contributed by atoms with E-state index in [-0.39, 0.29) is 12.3 Å². The highest BCUT2D eigenvalue weighted by Gasteiger charge is 2.18. The molecule has 100 valence electrons. The van der Waals surface area contributed by atoms with Crippen molar-refractivity contribution in [2.45, 2.75) is 19.8 Å². The van der Waals surface area contributed by atoms with Crippen LogP contribution in [0, 0.1) is 0 Å². The lowest BCUT2D eigenvalue weighted by molar-refractivity contribution is 0.156. The molecule has 0 fully saturated rings. The lowest BCUT2D eigenvalue weighted by Gasteiger charge is -2.23. The number of carbonyl (C=O) groups excluding carboxylic acids is 1. The van der Waals surface area contributed by atoms with Crippen molar-refractivity contribution in [3.63, 3.8) is 0 Å². The van der Waals surface area contributed by atoms with Crippen LogP contribution in [0.25, 0.3) is 0 Å². The standard InChI is InChI=1S/C11H14BrNO4S/c1-2-3-7-17-11(14)13(18(15)16)10-6-4-5-9(12)8-10/h4-6,8H,2-3,7H2,1H3,(H,15,16)/p-1. The molecule has 1 aromatic rings. The predicted octanol–water partition coefficient (Wildman–Crippen LogP) is 2.99. The molecule has 1 unspecified atom stereocenters. The van der Waals surface area contributed by atoms with Crippen molar-refractivity contribution >= 4 is 39.0 Å². The van der Waals surface area contributed by atoms with Crippen LogP contribution in [0.2, 0.25) is 0 Å². The number of ether oxygens (including phenoxy) is 1. The van der Waals surface area contributed by atoms with Gasteiger partial charge in [-0.05, 0) is 24.6 Å². The summed E-state index contributed by atoms with van der Waals surface area (Å²) in [5, 5.41) is 0. The fourth-order valence-electron chi connectivity index (χ4n) is 1.22. The smallest absolute Gasteiger partial charge is 0.425 e. The van der Waals surface area contributed by atoms with Crippen LogP contribution >= 0.6 is 15.9 Å². The van der Waals surface area contributed by atoms with Gasteiger partial charge in [0, 0.05) is 4.47 Å². The Labute approximate surface area is 117 Å². The Bertz CT molecular complexity index is 441. The second-order valence-corrected chi connectivity index (χ2v) is 5.17. The summed E-state index contributed by atoms with van der Waals surface area (Å²) in [6, 6.07) is 6.41. The SMILES string of the molecule is CCCCOC(=O)N(c1cccc(Br)c1)S(=O)[O-]. The summed E-state index contributed by atoms with van der Waals surface area (Å²) in [6.07, 6.45) is 0.670. The maximum Gasteiger partial charge on any atom is 0.425 e. The number of rotatable bonds is 5. The van der Waals surface area contributed by atoms with Gasteiger partial charge in [0.2, 0.25) is 0 Å². The Morgan fingerprint density at radius 1 is 1.56 bits per heavy atom. The Morgan fingerprint density at radius 3 is 2.83 bits per heavy atom. The van der Waals surface area contributed by atoms with Gasteiger partial charge >= 0.3 is 6.09 Å². The first kappa shape index (κ1) is 15.1. The van der Waals surface area contributed by atoms with Gasteiger partial charge in [0.25, 0.3) is 0 Å². The maximum absolute atomic E-state index is 11.7. The van der Waals surface area contributed by atoms with Gasteiger partial charge in [-0.3, -0.25) is 4.21 Å². The van der Waals surface area contributed by atoms with Crippen LogP contribution < -0.4 is 4.31 Å². The fourth-order valence-corrected chi connectivity index (χ4v) is 2.06. The monoisotopic (exact) mass is 334 g/mol. The molecule has 5 nitrogen and oxygen atoms in total. The molecule has 0 bridgehead atoms. The second-order valence-electron chi connectivity index (χ2n) is 3.46. The summed E-state index contributed by atoms with van der Waals surface area (Å²) in [6.45, 7) is 2.16. The summed E-state index contributed by atoms with van der Waals surface area (Å²) < 4.78 is 28.3. The Balaban J connectivity index is 2.83. The van der Waals surface area contributed by atoms with Crippen molar-refractivity contribution in [3.05, 3.63) is 28.7 Å². The van der Waals surface area contributed by atoms with Crippen LogP contribution in [0.15, 0.2) is 28.7 Å². The molecule has 7 heteroatoms. The number of unbranched alkanes of at least 4 members (excludes halogenated alkanes) is 1. The van der Waals surface area contributed by atoms with Crippen LogP contribution in [0.3, 0.4) is 0 Å². The van der Waals surface area contributed by atoms with Crippen molar-refractivity contribution in [2.24, 2.45) is 0 Å². The number of amides is 1. The normalized spacial score (nSPS) is 11.9. The molecule has 18 heavy (non-hydrogen) atoms. The molecule has 0 heterocycles. The average Bonchev–Trinajstić information content (AvgIpc) is 2.29. The first-order chi connectivity index (χ1) is 8.56. The zero-order chi connectivity index (χ0) is 13.5. The third-order valence-corrected chi connectivity index (χ3v) is 3.23. The predicted molar refractivity (Wildman–Crippen MR) is 71.8 cm³/mol. The second kappa shape index (κ2) is 7.50. The summed E-state index contributed by atoms with van der Waals surface area (Å²) in [4.78, 5) is 11.7. The number of hydrogen-bond acceptors (Lipinski definition) is 4. The minimum atomic E-state index is -2.71. The Morgan fingerprint density at radius 2 is 2.28 bits per heavy atom. The molecule has 1 aromatic carbocycles. The molecule has 0 saturated heterocycles. The lowest BCUT2D eigenvalue weighted by atomic mass is 10.3. The fraction of sp³-hybridized carbons (Fsp3) is 0.364. The molecule has 1 atom stereocenters. The quantitative estimate of drug-likeness (QED) is 0.613. The average molecular weight is 335 g/mol. The van der Waals surface area contributed by atoms with Gasteiger partial charge in [0.1, 0.15) is 0 Å². The minimum Gasteiger partial charge on any atom is -0.755 e. The van der Waals surface area contributed by atoms with Crippen LogP contribution in [0.5, 0.6) is 0 Å². The van der Waals surface area contributed by atoms with Crippen LogP contribution in [-0.4, -0.2) is 21.5 Å². The first-order valence-electron chi connectivity index (χ1n) is 5.38. The minimum absolute atomic E-state index is 0.205. The number of hydrogen-bond donors (Lipinski definition) is 0. The number of halogens is 1. The first-order valence-corrected chi connectivity index (χ1v) is 7.20. The van der Waals surface area contributed by atoms with E-state index in [4.69, 9.17) is 4.74 Å². The molecule has 1 amide bonds. The van der Waals surface area contributed by atoms with E-state index < -0.39 is 17.4 Å². The molecule has 0 aliphatic rings. The van der Waals surface area contributed by atoms with E-state index in [0.29, 0.717) is 15.2 Å². The van der Waals surface area contributed by atoms with E-state index in [9.17, 15) is 13.6 Å². The van der Waals surface area contributed by atoms with Gasteiger partial charge in [-0.2, -0.15) is 0 Å². The summed E-state index contributed by atoms with van der Waals surface area (Å²) in [7, 11) is 0. The summed E-state index contributed by atoms with van der Waals surface area (Å²) in [5.74, 6) is 0. The molecule has 0 aliphatic carbocycles. The zero-order valence-corrected chi connectivity index (χ0v) is 12.2. The molecule has 0 aromatic heterocycles. The van der Waals surface area contributed by atoms with Crippen LogP contribution in [0.1, 0.15) is 19.8 Å². The van der Waals surface area contributed by atoms with E-state index in [1.807, 2.05) is 6.92 Å². The molecular weight excluding hydrogens is 322 g/mol. The molecule has 1 rings (SSSR count). The number of benzene rings is 1.